The minimum absolute atomic E-state index is 0.0134. The molecule has 0 fully saturated rings. The zero-order valence-corrected chi connectivity index (χ0v) is 16.6. The summed E-state index contributed by atoms with van der Waals surface area (Å²) in [6.07, 6.45) is 17.5. The number of benzene rings is 1. The molecule has 1 aliphatic carbocycles. The van der Waals surface area contributed by atoms with Crippen molar-refractivity contribution in [3.8, 4) is 0 Å². The van der Waals surface area contributed by atoms with Crippen LogP contribution < -0.4 is 0 Å². The van der Waals surface area contributed by atoms with E-state index in [4.69, 9.17) is 0 Å². The lowest BCUT2D eigenvalue weighted by molar-refractivity contribution is 0.626. The van der Waals surface area contributed by atoms with Gasteiger partial charge in [0.05, 0.1) is 5.52 Å². The Morgan fingerprint density at radius 1 is 1.12 bits per heavy atom. The molecule has 0 amide bonds. The molecule has 0 spiro atoms. The molecule has 1 nitrogen and oxygen atoms in total. The van der Waals surface area contributed by atoms with Crippen LogP contribution >= 0.6 is 0 Å². The summed E-state index contributed by atoms with van der Waals surface area (Å²) in [6.45, 7) is 15.0. The second-order valence-electron chi connectivity index (χ2n) is 8.33. The third-order valence-electron chi connectivity index (χ3n) is 5.05. The number of nitrogens with zero attached hydrogens (tertiary/aromatic N) is 1. The first-order valence-electron chi connectivity index (χ1n) is 9.26. The van der Waals surface area contributed by atoms with Crippen molar-refractivity contribution in [2.45, 2.75) is 34.6 Å². The number of hydrogen-bond acceptors (Lipinski definition) is 0. The van der Waals surface area contributed by atoms with Crippen molar-refractivity contribution < 1.29 is 0 Å². The Kier molecular flexibility index (Phi) is 4.66. The fourth-order valence-electron chi connectivity index (χ4n) is 3.33. The Morgan fingerprint density at radius 3 is 2.58 bits per heavy atom. The number of para-hydroxylation sites is 1. The summed E-state index contributed by atoms with van der Waals surface area (Å²) in [5.41, 5.74) is 4.97. The smallest absolute Gasteiger partial charge is 0.0537 e. The number of rotatable bonds is 4. The topological polar surface area (TPSA) is 4.93 Å². The predicted molar refractivity (Wildman–Crippen MR) is 116 cm³/mol. The van der Waals surface area contributed by atoms with Gasteiger partial charge in [0.25, 0.3) is 0 Å². The fourth-order valence-corrected chi connectivity index (χ4v) is 3.33. The first-order valence-corrected chi connectivity index (χ1v) is 9.26. The molecule has 3 rings (SSSR count). The minimum Gasteiger partial charge on any atom is -0.310 e. The molecule has 1 aromatic heterocycles. The van der Waals surface area contributed by atoms with Gasteiger partial charge in [-0.05, 0) is 30.7 Å². The second kappa shape index (κ2) is 6.64. The summed E-state index contributed by atoms with van der Waals surface area (Å²) in [6, 6.07) is 8.65. The Bertz CT molecular complexity index is 955. The van der Waals surface area contributed by atoms with Crippen LogP contribution in [0.15, 0.2) is 73.4 Å². The second-order valence-corrected chi connectivity index (χ2v) is 8.33. The first-order chi connectivity index (χ1) is 12.2. The summed E-state index contributed by atoms with van der Waals surface area (Å²) in [5.74, 6) is 0. The van der Waals surface area contributed by atoms with Crippen LogP contribution in [0.3, 0.4) is 0 Å². The van der Waals surface area contributed by atoms with Crippen molar-refractivity contribution in [3.05, 3.63) is 84.6 Å². The summed E-state index contributed by atoms with van der Waals surface area (Å²) >= 11 is 0. The third-order valence-corrected chi connectivity index (χ3v) is 5.05. The van der Waals surface area contributed by atoms with Gasteiger partial charge >= 0.3 is 0 Å². The Labute approximate surface area is 157 Å². The molecule has 0 atom stereocenters. The van der Waals surface area contributed by atoms with Gasteiger partial charge in [0.15, 0.2) is 0 Å². The van der Waals surface area contributed by atoms with Crippen LogP contribution in [0.2, 0.25) is 0 Å². The molecule has 134 valence electrons. The number of aryl methyl sites for hydroxylation is 1. The Balaban J connectivity index is 2.29. The Morgan fingerprint density at radius 2 is 1.85 bits per heavy atom. The molecule has 26 heavy (non-hydrogen) atoms. The van der Waals surface area contributed by atoms with Crippen LogP contribution in [0.1, 0.15) is 39.0 Å². The van der Waals surface area contributed by atoms with Gasteiger partial charge in [-0.1, -0.05) is 82.4 Å². The van der Waals surface area contributed by atoms with E-state index in [-0.39, 0.29) is 10.8 Å². The van der Waals surface area contributed by atoms with Gasteiger partial charge in [0, 0.05) is 27.6 Å². The van der Waals surface area contributed by atoms with Crippen molar-refractivity contribution in [3.63, 3.8) is 0 Å². The zero-order valence-electron chi connectivity index (χ0n) is 16.6. The van der Waals surface area contributed by atoms with Gasteiger partial charge in [0.1, 0.15) is 0 Å². The molecule has 2 aromatic rings. The summed E-state index contributed by atoms with van der Waals surface area (Å²) in [7, 11) is 0. The highest BCUT2D eigenvalue weighted by atomic mass is 15.0. The fraction of sp³-hybridized carbons (Fsp3) is 0.280. The highest BCUT2D eigenvalue weighted by molar-refractivity contribution is 5.92. The third kappa shape index (κ3) is 3.53. The molecule has 0 saturated heterocycles. The van der Waals surface area contributed by atoms with Crippen LogP contribution in [0.4, 0.5) is 0 Å². The van der Waals surface area contributed by atoms with Crippen LogP contribution in [0, 0.1) is 17.8 Å². The number of hydrogen-bond donors (Lipinski definition) is 0. The standard InChI is InChI=1S/C25H29N/c1-7-24(3,4)17-15-22-19(2)21-13-8-9-14-23(21)26(22)20-12-10-11-16-25(5,6)18-20/h7-18H,1H2,2-6H3. The lowest BCUT2D eigenvalue weighted by atomic mass is 9.92. The average molecular weight is 344 g/mol. The van der Waals surface area contributed by atoms with Gasteiger partial charge in [0.2, 0.25) is 0 Å². The molecular formula is C25H29N. The van der Waals surface area contributed by atoms with Crippen LogP contribution in [-0.2, 0) is 0 Å². The molecule has 1 heteroatoms. The molecule has 0 N–H and O–H groups in total. The predicted octanol–water partition coefficient (Wildman–Crippen LogP) is 7.17. The zero-order chi connectivity index (χ0) is 18.9. The maximum atomic E-state index is 3.96. The number of aromatic nitrogens is 1. The van der Waals surface area contributed by atoms with Gasteiger partial charge in [-0.3, -0.25) is 0 Å². The average Bonchev–Trinajstić information content (AvgIpc) is 2.75. The van der Waals surface area contributed by atoms with Crippen molar-refractivity contribution in [2.24, 2.45) is 10.8 Å². The first kappa shape index (κ1) is 18.3. The Hall–Kier alpha value is -2.54. The van der Waals surface area contributed by atoms with Gasteiger partial charge in [-0.25, -0.2) is 0 Å². The van der Waals surface area contributed by atoms with Gasteiger partial charge in [-0.2, -0.15) is 0 Å². The molecule has 0 bridgehead atoms. The normalized spacial score (nSPS) is 16.9. The lowest BCUT2D eigenvalue weighted by Gasteiger charge is -2.18. The molecule has 1 aliphatic rings. The summed E-state index contributed by atoms with van der Waals surface area (Å²) < 4.78 is 2.38. The van der Waals surface area contributed by atoms with Crippen molar-refractivity contribution in [1.29, 1.82) is 0 Å². The molecule has 1 aromatic carbocycles. The van der Waals surface area contributed by atoms with Gasteiger partial charge < -0.3 is 4.57 Å². The molecular weight excluding hydrogens is 314 g/mol. The van der Waals surface area contributed by atoms with Crippen molar-refractivity contribution in [2.75, 3.05) is 0 Å². The highest BCUT2D eigenvalue weighted by Crippen LogP contribution is 2.34. The monoisotopic (exact) mass is 343 g/mol. The van der Waals surface area contributed by atoms with Crippen LogP contribution in [-0.4, -0.2) is 4.57 Å². The number of allylic oxidation sites excluding steroid dienone is 8. The highest BCUT2D eigenvalue weighted by Gasteiger charge is 2.19. The summed E-state index contributed by atoms with van der Waals surface area (Å²) in [5, 5.41) is 1.30. The van der Waals surface area contributed by atoms with Gasteiger partial charge in [-0.15, -0.1) is 6.58 Å². The van der Waals surface area contributed by atoms with E-state index >= 15 is 0 Å². The number of fused-ring (bicyclic) bond motifs is 1. The van der Waals surface area contributed by atoms with E-state index in [1.54, 1.807) is 0 Å². The summed E-state index contributed by atoms with van der Waals surface area (Å²) in [4.78, 5) is 0. The quantitative estimate of drug-likeness (QED) is 0.519. The molecule has 0 aliphatic heterocycles. The molecule has 0 unspecified atom stereocenters. The van der Waals surface area contributed by atoms with E-state index in [1.165, 1.54) is 27.9 Å². The van der Waals surface area contributed by atoms with Crippen molar-refractivity contribution >= 4 is 22.7 Å². The molecule has 1 heterocycles. The van der Waals surface area contributed by atoms with Crippen LogP contribution in [0.25, 0.3) is 22.7 Å². The molecule has 0 radical (unpaired) electrons. The molecule has 0 saturated carbocycles. The SMILES string of the molecule is C=CC(C)(C)C=Cc1c(C)c2ccccc2n1C1=CC(C)(C)C=CC=C1. The van der Waals surface area contributed by atoms with E-state index in [2.05, 4.69) is 113 Å². The minimum atomic E-state index is -0.0395. The van der Waals surface area contributed by atoms with Crippen molar-refractivity contribution in [1.82, 2.24) is 4.57 Å². The van der Waals surface area contributed by atoms with Crippen LogP contribution in [0.5, 0.6) is 0 Å². The van der Waals surface area contributed by atoms with E-state index in [9.17, 15) is 0 Å². The largest absolute Gasteiger partial charge is 0.310 e. The maximum Gasteiger partial charge on any atom is 0.0537 e. The van der Waals surface area contributed by atoms with E-state index in [1.807, 2.05) is 6.08 Å². The lowest BCUT2D eigenvalue weighted by Crippen LogP contribution is -2.07. The van der Waals surface area contributed by atoms with E-state index in [0.29, 0.717) is 0 Å². The van der Waals surface area contributed by atoms with E-state index < -0.39 is 0 Å². The maximum absolute atomic E-state index is 3.96. The van der Waals surface area contributed by atoms with E-state index in [0.717, 1.165) is 0 Å².